The molecule has 0 aromatic rings. The van der Waals surface area contributed by atoms with Crippen LogP contribution in [0.15, 0.2) is 0 Å². The molecule has 0 radical (unpaired) electrons. The van der Waals surface area contributed by atoms with Crippen LogP contribution in [-0.2, 0) is 28.5 Å². The Morgan fingerprint density at radius 3 is 0.964 bits per heavy atom. The van der Waals surface area contributed by atoms with Gasteiger partial charge >= 0.3 is 0 Å². The lowest BCUT2D eigenvalue weighted by Crippen LogP contribution is -2.25. The van der Waals surface area contributed by atoms with Gasteiger partial charge in [0, 0.05) is 33.3 Å². The van der Waals surface area contributed by atoms with Crippen LogP contribution in [0.1, 0.15) is 87.1 Å². The van der Waals surface area contributed by atoms with E-state index in [2.05, 4.69) is 76.0 Å². The Kier molecular flexibility index (Phi) is 140. The van der Waals surface area contributed by atoms with Gasteiger partial charge in [-0.3, -0.25) is 0 Å². The molecule has 0 heterocycles. The van der Waals surface area contributed by atoms with Crippen molar-refractivity contribution in [1.29, 1.82) is 0 Å². The largest absolute Gasteiger partial charge is 0.394 e. The van der Waals surface area contributed by atoms with Crippen LogP contribution < -0.4 is 0 Å². The highest BCUT2D eigenvalue weighted by molar-refractivity contribution is 5.11. The predicted molar refractivity (Wildman–Crippen MR) is 244 cm³/mol. The number of nitrogens with zero attached hydrogens (tertiary/aromatic N) is 4. The minimum absolute atomic E-state index is 0. The summed E-state index contributed by atoms with van der Waals surface area (Å²) in [6, 6.07) is 0. The van der Waals surface area contributed by atoms with Gasteiger partial charge in [0.2, 0.25) is 0 Å². The van der Waals surface area contributed by atoms with Crippen molar-refractivity contribution in [2.75, 3.05) is 156 Å². The van der Waals surface area contributed by atoms with Gasteiger partial charge in [-0.2, -0.15) is 0 Å². The zero-order valence-electron chi connectivity index (χ0n) is 32.4. The number of ether oxygens (including phenoxy) is 5. The highest BCUT2D eigenvalue weighted by Gasteiger charge is 2.00. The van der Waals surface area contributed by atoms with E-state index in [9.17, 15) is 0 Å². The summed E-state index contributed by atoms with van der Waals surface area (Å²) in [4.78, 5) is 16.7. The Balaban J connectivity index is -0.0000000306. The summed E-state index contributed by atoms with van der Waals surface area (Å²) in [5.74, 6) is 0. The quantitative estimate of drug-likeness (QED) is 0.0976. The maximum absolute atomic E-state index is 8.80. The minimum atomic E-state index is -0.430. The molecule has 55 heavy (non-hydrogen) atoms. The smallest absolute Gasteiger partial charge is 0.106 e. The second-order valence-corrected chi connectivity index (χ2v) is 11.4. The van der Waals surface area contributed by atoms with Crippen LogP contribution in [0.4, 0.5) is 0 Å². The first kappa shape index (κ1) is 94.9. The van der Waals surface area contributed by atoms with Gasteiger partial charge in [0.15, 0.2) is 0 Å². The number of carbonyl (C=O) groups excluding carboxylic acids is 1. The zero-order valence-corrected chi connectivity index (χ0v) is 32.4. The lowest BCUT2D eigenvalue weighted by Gasteiger charge is -2.13. The highest BCUT2D eigenvalue weighted by Crippen LogP contribution is 1.90. The number of hydrogen-bond donors (Lipinski definition) is 5. The minimum Gasteiger partial charge on any atom is -0.394 e. The number of hydrogen-bond acceptors (Lipinski definition) is 15. The maximum atomic E-state index is 8.80. The average molecular weight is 823 g/mol. The molecule has 0 aliphatic rings. The topological polar surface area (TPSA) is 177 Å². The van der Waals surface area contributed by atoms with Gasteiger partial charge in [-0.1, -0.05) is 59.4 Å². The molecule has 0 amide bonds. The van der Waals surface area contributed by atoms with Crippen molar-refractivity contribution in [3.8, 4) is 0 Å². The summed E-state index contributed by atoms with van der Waals surface area (Å²) in [6.07, 6.45) is -0.635. The average Bonchev–Trinajstić information content (AvgIpc) is 3.02. The Morgan fingerprint density at radius 1 is 0.473 bits per heavy atom. The number of aliphatic hydroxyl groups is 5. The van der Waals surface area contributed by atoms with Gasteiger partial charge in [0.05, 0.1) is 90.5 Å². The Bertz CT molecular complexity index is 497. The monoisotopic (exact) mass is 823 g/mol. The number of likely N-dealkylation sites (N-methyl/N-ethyl adjacent to an activating group) is 4. The summed E-state index contributed by atoms with van der Waals surface area (Å²) < 4.78 is 24.8. The Hall–Kier alpha value is -0.890. The molecule has 0 saturated carbocycles. The third-order valence-electron chi connectivity index (χ3n) is 4.88. The molecular weight excluding hydrogens is 712 g/mol. The van der Waals surface area contributed by atoms with Crippen molar-refractivity contribution in [3.05, 3.63) is 0 Å². The van der Waals surface area contributed by atoms with E-state index >= 15 is 0 Å². The molecule has 0 fully saturated rings. The fraction of sp³-hybridized carbons (Fsp3) is 0.975. The molecule has 0 aliphatic carbocycles. The fourth-order valence-electron chi connectivity index (χ4n) is 2.26. The molecule has 5 N–H and O–H groups in total. The van der Waals surface area contributed by atoms with E-state index in [1.54, 1.807) is 27.9 Å². The van der Waals surface area contributed by atoms with Gasteiger partial charge < -0.3 is 73.6 Å². The summed E-state index contributed by atoms with van der Waals surface area (Å²) in [6.45, 7) is 16.3. The number of methoxy groups -OCH3 is 1. The number of rotatable bonds is 22. The van der Waals surface area contributed by atoms with Gasteiger partial charge in [-0.15, -0.1) is 0 Å². The van der Waals surface area contributed by atoms with Crippen LogP contribution in [-0.4, -0.2) is 232 Å². The standard InChI is InChI=1S/C8H18O4.2C6H16N2.C6H14O3.C5H12O3.CH2O.8CH4/c1-7(10)6-11-3-4-12-8(2)5-9;2*1-7(2)5-6-8(3)4;1-6(5-8-2)9-4-3-7;1-5(4-7)8-3-2-6;1-2;;;;;;;;/h7-10H,3-6H2,1-2H3;2*5-6H2,1-4H3;6-7H,3-5H2,1-2H3;5-7H,2-4H2,1H3;1H2;8*1H4. The molecule has 0 aromatic heterocycles. The van der Waals surface area contributed by atoms with Crippen molar-refractivity contribution >= 4 is 6.79 Å². The first-order valence-corrected chi connectivity index (χ1v) is 15.9. The second kappa shape index (κ2) is 81.3. The van der Waals surface area contributed by atoms with E-state index in [0.717, 1.165) is 26.2 Å². The molecular formula is C40H110N4O11. The van der Waals surface area contributed by atoms with E-state index in [1.165, 1.54) is 0 Å². The number of carbonyl (C=O) groups is 1. The maximum Gasteiger partial charge on any atom is 0.106 e. The molecule has 0 spiro atoms. The van der Waals surface area contributed by atoms with Crippen molar-refractivity contribution in [2.45, 2.75) is 112 Å². The first-order chi connectivity index (χ1) is 22.0. The van der Waals surface area contributed by atoms with Crippen LogP contribution >= 0.6 is 0 Å². The molecule has 0 bridgehead atoms. The van der Waals surface area contributed by atoms with Crippen LogP contribution in [0.5, 0.6) is 0 Å². The predicted octanol–water partition coefficient (Wildman–Crippen LogP) is 4.31. The van der Waals surface area contributed by atoms with E-state index < -0.39 is 6.10 Å². The molecule has 0 aliphatic heterocycles. The normalized spacial score (nSPS) is 11.1. The molecule has 15 nitrogen and oxygen atoms in total. The zero-order chi connectivity index (χ0) is 38.1. The summed E-state index contributed by atoms with van der Waals surface area (Å²) in [7, 11) is 18.3. The van der Waals surface area contributed by atoms with Crippen molar-refractivity contribution < 1.29 is 54.0 Å². The molecule has 356 valence electrons. The summed E-state index contributed by atoms with van der Waals surface area (Å²) in [5.41, 5.74) is 0. The van der Waals surface area contributed by atoms with E-state index in [1.807, 2.05) is 13.7 Å². The van der Waals surface area contributed by atoms with E-state index in [-0.39, 0.29) is 104 Å². The van der Waals surface area contributed by atoms with Crippen molar-refractivity contribution in [1.82, 2.24) is 19.6 Å². The van der Waals surface area contributed by atoms with Gasteiger partial charge in [-0.25, -0.2) is 0 Å². The first-order valence-electron chi connectivity index (χ1n) is 15.9. The molecule has 0 saturated heterocycles. The summed E-state index contributed by atoms with van der Waals surface area (Å²) >= 11 is 0. The van der Waals surface area contributed by atoms with E-state index in [4.69, 9.17) is 54.0 Å². The molecule has 0 aromatic carbocycles. The van der Waals surface area contributed by atoms with Crippen LogP contribution in [0.25, 0.3) is 0 Å². The van der Waals surface area contributed by atoms with Crippen LogP contribution in [0.3, 0.4) is 0 Å². The van der Waals surface area contributed by atoms with Crippen LogP contribution in [0.2, 0.25) is 0 Å². The lowest BCUT2D eigenvalue weighted by atomic mass is 10.4. The fourth-order valence-corrected chi connectivity index (χ4v) is 2.26. The summed E-state index contributed by atoms with van der Waals surface area (Å²) in [5, 5.41) is 42.3. The van der Waals surface area contributed by atoms with Gasteiger partial charge in [0.25, 0.3) is 0 Å². The molecule has 4 atom stereocenters. The Morgan fingerprint density at radius 2 is 0.745 bits per heavy atom. The third-order valence-corrected chi connectivity index (χ3v) is 4.88. The van der Waals surface area contributed by atoms with Gasteiger partial charge in [-0.05, 0) is 84.1 Å². The molecule has 15 heteroatoms. The molecule has 0 rings (SSSR count). The molecule has 4 unspecified atom stereocenters. The third kappa shape index (κ3) is 135. The van der Waals surface area contributed by atoms with Crippen LogP contribution in [0, 0.1) is 0 Å². The Labute approximate surface area is 347 Å². The van der Waals surface area contributed by atoms with E-state index in [0.29, 0.717) is 39.6 Å². The SMILES string of the molecule is C.C.C.C.C.C.C.C.C=O.CC(CO)OCCO.CC(O)COCCOC(C)CO.CN(C)CCN(C)C.CN(C)CCN(C)C.COCC(C)OCCO. The highest BCUT2D eigenvalue weighted by atomic mass is 16.5. The van der Waals surface area contributed by atoms with Crippen molar-refractivity contribution in [3.63, 3.8) is 0 Å². The lowest BCUT2D eigenvalue weighted by molar-refractivity contribution is -0.0980. The van der Waals surface area contributed by atoms with Gasteiger partial charge in [0.1, 0.15) is 6.79 Å². The van der Waals surface area contributed by atoms with Crippen molar-refractivity contribution in [2.24, 2.45) is 0 Å². The number of aliphatic hydroxyl groups excluding tert-OH is 5. The second-order valence-electron chi connectivity index (χ2n) is 11.4.